The molecule has 0 fully saturated rings. The van der Waals surface area contributed by atoms with Crippen molar-refractivity contribution in [3.63, 3.8) is 0 Å². The maximum absolute atomic E-state index is 11.0. The van der Waals surface area contributed by atoms with Gasteiger partial charge < -0.3 is 21.3 Å². The molecule has 2 heterocycles. The first-order chi connectivity index (χ1) is 8.83. The van der Waals surface area contributed by atoms with Crippen molar-refractivity contribution in [3.8, 4) is 0 Å². The van der Waals surface area contributed by atoms with Crippen molar-refractivity contribution in [2.24, 2.45) is 10.7 Å². The van der Waals surface area contributed by atoms with Crippen molar-refractivity contribution in [2.75, 3.05) is 0 Å². The fraction of sp³-hybridized carbons (Fsp3) is 0.111. The third-order valence-electron chi connectivity index (χ3n) is 2.28. The summed E-state index contributed by atoms with van der Waals surface area (Å²) in [6.45, 7) is 0. The van der Waals surface area contributed by atoms with Gasteiger partial charge in [0.05, 0.1) is 9.80 Å². The number of nitro groups is 1. The monoisotopic (exact) mass is 284 g/mol. The number of rotatable bonds is 3. The SMILES string of the molecule is NC(=O)C1=NC(O)(c2ccc([N+](=O)[O-])s2)NC=C1O. The summed E-state index contributed by atoms with van der Waals surface area (Å²) in [5, 5.41) is 32.3. The molecule has 5 N–H and O–H groups in total. The standard InChI is InChI=1S/C9H8N4O5S/c10-8(15)7-4(14)3-11-9(16,12-7)5-1-2-6(19-5)13(17)18/h1-3,11,14,16H,(H2,10,15). The predicted molar refractivity (Wildman–Crippen MR) is 65.3 cm³/mol. The molecule has 10 heteroatoms. The molecule has 9 nitrogen and oxygen atoms in total. The Balaban J connectivity index is 2.43. The van der Waals surface area contributed by atoms with Crippen LogP contribution in [0.3, 0.4) is 0 Å². The van der Waals surface area contributed by atoms with Gasteiger partial charge in [-0.05, 0) is 6.07 Å². The minimum Gasteiger partial charge on any atom is -0.504 e. The third-order valence-corrected chi connectivity index (χ3v) is 3.41. The molecule has 1 aliphatic rings. The van der Waals surface area contributed by atoms with Gasteiger partial charge in [-0.25, -0.2) is 4.99 Å². The second-order valence-electron chi connectivity index (χ2n) is 3.57. The highest BCUT2D eigenvalue weighted by atomic mass is 32.1. The number of thiophene rings is 1. The van der Waals surface area contributed by atoms with Gasteiger partial charge in [-0.3, -0.25) is 14.9 Å². The number of nitrogens with zero attached hydrogens (tertiary/aromatic N) is 2. The zero-order valence-electron chi connectivity index (χ0n) is 9.23. The Hall–Kier alpha value is -2.46. The van der Waals surface area contributed by atoms with Gasteiger partial charge in [0.2, 0.25) is 0 Å². The fourth-order valence-corrected chi connectivity index (χ4v) is 2.23. The van der Waals surface area contributed by atoms with Crippen LogP contribution in [-0.4, -0.2) is 26.8 Å². The number of hydrogen-bond donors (Lipinski definition) is 4. The summed E-state index contributed by atoms with van der Waals surface area (Å²) in [6, 6.07) is 2.48. The highest BCUT2D eigenvalue weighted by Gasteiger charge is 2.36. The fourth-order valence-electron chi connectivity index (χ4n) is 1.41. The Morgan fingerprint density at radius 3 is 2.79 bits per heavy atom. The van der Waals surface area contributed by atoms with Gasteiger partial charge in [0.15, 0.2) is 11.5 Å². The number of amides is 1. The summed E-state index contributed by atoms with van der Waals surface area (Å²) >= 11 is 0.680. The first-order valence-electron chi connectivity index (χ1n) is 4.87. The highest BCUT2D eigenvalue weighted by molar-refractivity contribution is 7.15. The van der Waals surface area contributed by atoms with Gasteiger partial charge >= 0.3 is 5.00 Å². The number of aliphatic imine (C=N–C) groups is 1. The highest BCUT2D eigenvalue weighted by Crippen LogP contribution is 2.33. The molecule has 0 saturated heterocycles. The maximum atomic E-state index is 11.0. The average molecular weight is 284 g/mol. The van der Waals surface area contributed by atoms with Crippen LogP contribution < -0.4 is 11.1 Å². The number of nitrogens with one attached hydrogen (secondary N) is 1. The third kappa shape index (κ3) is 2.26. The Morgan fingerprint density at radius 1 is 1.58 bits per heavy atom. The summed E-state index contributed by atoms with van der Waals surface area (Å²) in [5.74, 6) is -3.63. The molecule has 1 amide bonds. The van der Waals surface area contributed by atoms with E-state index < -0.39 is 28.2 Å². The Bertz CT molecular complexity index is 622. The van der Waals surface area contributed by atoms with Gasteiger partial charge in [-0.15, -0.1) is 0 Å². The number of nitrogens with two attached hydrogens (primary N) is 1. The molecule has 2 rings (SSSR count). The molecule has 100 valence electrons. The lowest BCUT2D eigenvalue weighted by Crippen LogP contribution is -2.43. The molecule has 1 unspecified atom stereocenters. The van der Waals surface area contributed by atoms with E-state index in [9.17, 15) is 25.1 Å². The molecule has 0 aliphatic carbocycles. The van der Waals surface area contributed by atoms with Crippen LogP contribution in [0.25, 0.3) is 0 Å². The van der Waals surface area contributed by atoms with E-state index in [4.69, 9.17) is 5.73 Å². The topological polar surface area (TPSA) is 151 Å². The van der Waals surface area contributed by atoms with Crippen LogP contribution in [0.4, 0.5) is 5.00 Å². The second kappa shape index (κ2) is 4.33. The van der Waals surface area contributed by atoms with E-state index in [1.165, 1.54) is 12.1 Å². The Labute approximate surface area is 109 Å². The van der Waals surface area contributed by atoms with E-state index in [-0.39, 0.29) is 9.88 Å². The molecule has 1 atom stereocenters. The maximum Gasteiger partial charge on any atom is 0.324 e. The molecular formula is C9H8N4O5S. The molecule has 19 heavy (non-hydrogen) atoms. The average Bonchev–Trinajstić information content (AvgIpc) is 2.82. The number of hydrogen-bond acceptors (Lipinski definition) is 8. The summed E-state index contributed by atoms with van der Waals surface area (Å²) in [5.41, 5.74) is 4.48. The van der Waals surface area contributed by atoms with Crippen LogP contribution in [0.2, 0.25) is 0 Å². The number of aliphatic hydroxyl groups excluding tert-OH is 1. The number of carbonyl (C=O) groups is 1. The number of aliphatic hydroxyl groups is 2. The number of carbonyl (C=O) groups excluding carboxylic acids is 1. The van der Waals surface area contributed by atoms with Crippen molar-refractivity contribution in [1.29, 1.82) is 0 Å². The van der Waals surface area contributed by atoms with Crippen molar-refractivity contribution in [3.05, 3.63) is 39.1 Å². The predicted octanol–water partition coefficient (Wildman–Crippen LogP) is -0.312. The molecule has 1 aromatic heterocycles. The summed E-state index contributed by atoms with van der Waals surface area (Å²) in [7, 11) is 0. The molecule has 0 saturated carbocycles. The van der Waals surface area contributed by atoms with E-state index in [1.807, 2.05) is 0 Å². The van der Waals surface area contributed by atoms with Gasteiger partial charge in [0.25, 0.3) is 11.8 Å². The van der Waals surface area contributed by atoms with Crippen LogP contribution in [-0.2, 0) is 10.6 Å². The van der Waals surface area contributed by atoms with Crippen LogP contribution in [0.5, 0.6) is 0 Å². The van der Waals surface area contributed by atoms with E-state index in [2.05, 4.69) is 10.3 Å². The van der Waals surface area contributed by atoms with Crippen LogP contribution in [0, 0.1) is 10.1 Å². The lowest BCUT2D eigenvalue weighted by Gasteiger charge is -2.26. The molecule has 1 aromatic rings. The summed E-state index contributed by atoms with van der Waals surface area (Å²) < 4.78 is 0. The summed E-state index contributed by atoms with van der Waals surface area (Å²) in [6.07, 6.45) is 0.943. The summed E-state index contributed by atoms with van der Waals surface area (Å²) in [4.78, 5) is 24.7. The van der Waals surface area contributed by atoms with Gasteiger partial charge in [-0.2, -0.15) is 0 Å². The van der Waals surface area contributed by atoms with Crippen LogP contribution in [0.1, 0.15) is 4.88 Å². The number of primary amides is 1. The van der Waals surface area contributed by atoms with Gasteiger partial charge in [-0.1, -0.05) is 11.3 Å². The van der Waals surface area contributed by atoms with E-state index in [0.717, 1.165) is 6.20 Å². The van der Waals surface area contributed by atoms with Crippen molar-refractivity contribution >= 4 is 28.0 Å². The van der Waals surface area contributed by atoms with Crippen molar-refractivity contribution in [1.82, 2.24) is 5.32 Å². The zero-order chi connectivity index (χ0) is 14.2. The molecular weight excluding hydrogens is 276 g/mol. The van der Waals surface area contributed by atoms with Crippen LogP contribution >= 0.6 is 11.3 Å². The molecule has 1 aliphatic heterocycles. The molecule has 0 spiro atoms. The molecule has 0 aromatic carbocycles. The Morgan fingerprint density at radius 2 is 2.26 bits per heavy atom. The minimum atomic E-state index is -2.07. The van der Waals surface area contributed by atoms with Gasteiger partial charge in [0.1, 0.15) is 0 Å². The largest absolute Gasteiger partial charge is 0.504 e. The zero-order valence-corrected chi connectivity index (χ0v) is 10.0. The van der Waals surface area contributed by atoms with Crippen molar-refractivity contribution < 1.29 is 19.9 Å². The quantitative estimate of drug-likeness (QED) is 0.441. The smallest absolute Gasteiger partial charge is 0.324 e. The normalized spacial score (nSPS) is 22.2. The minimum absolute atomic E-state index is 0.0849. The second-order valence-corrected chi connectivity index (χ2v) is 4.63. The van der Waals surface area contributed by atoms with Gasteiger partial charge in [0, 0.05) is 12.3 Å². The Kier molecular flexibility index (Phi) is 2.96. The lowest BCUT2D eigenvalue weighted by atomic mass is 10.2. The molecule has 0 radical (unpaired) electrons. The first-order valence-corrected chi connectivity index (χ1v) is 5.69. The van der Waals surface area contributed by atoms with Crippen molar-refractivity contribution in [2.45, 2.75) is 5.85 Å². The van der Waals surface area contributed by atoms with E-state index in [0.29, 0.717) is 11.3 Å². The van der Waals surface area contributed by atoms with Crippen LogP contribution in [0.15, 0.2) is 29.1 Å². The van der Waals surface area contributed by atoms with E-state index in [1.54, 1.807) is 0 Å². The van der Waals surface area contributed by atoms with E-state index >= 15 is 0 Å². The first kappa shape index (κ1) is 13.0. The lowest BCUT2D eigenvalue weighted by molar-refractivity contribution is -0.380. The molecule has 0 bridgehead atoms.